The molecule has 0 spiro atoms. The number of carbonyl (C=O) groups is 2. The molecule has 0 bridgehead atoms. The fourth-order valence-electron chi connectivity index (χ4n) is 4.38. The minimum absolute atomic E-state index is 0.0705. The van der Waals surface area contributed by atoms with Gasteiger partial charge in [-0.1, -0.05) is 60.7 Å². The molecule has 2 N–H and O–H groups in total. The van der Waals surface area contributed by atoms with E-state index in [1.165, 1.54) is 4.88 Å². The van der Waals surface area contributed by atoms with E-state index in [0.717, 1.165) is 28.3 Å². The van der Waals surface area contributed by atoms with Crippen molar-refractivity contribution in [3.8, 4) is 0 Å². The third kappa shape index (κ3) is 6.01. The molecule has 2 atom stereocenters. The monoisotopic (exact) mass is 499 g/mol. The van der Waals surface area contributed by atoms with Gasteiger partial charge in [-0.25, -0.2) is 0 Å². The number of thiophene rings is 1. The van der Waals surface area contributed by atoms with E-state index >= 15 is 0 Å². The molecule has 1 unspecified atom stereocenters. The average molecular weight is 500 g/mol. The molecule has 6 heteroatoms. The Labute approximate surface area is 217 Å². The summed E-state index contributed by atoms with van der Waals surface area (Å²) in [7, 11) is 3.54. The van der Waals surface area contributed by atoms with Crippen LogP contribution in [-0.4, -0.2) is 48.3 Å². The zero-order valence-electron chi connectivity index (χ0n) is 21.1. The molecule has 0 saturated heterocycles. The fourth-order valence-corrected chi connectivity index (χ4v) is 5.07. The molecule has 4 aromatic rings. The van der Waals surface area contributed by atoms with Gasteiger partial charge in [0.25, 0.3) is 5.91 Å². The zero-order valence-corrected chi connectivity index (χ0v) is 21.9. The molecule has 0 radical (unpaired) electrons. The van der Waals surface area contributed by atoms with Crippen molar-refractivity contribution in [3.05, 3.63) is 106 Å². The number of nitrogens with two attached hydrogens (primary N) is 1. The number of fused-ring (bicyclic) bond motifs is 1. The van der Waals surface area contributed by atoms with Gasteiger partial charge in [0.05, 0.1) is 0 Å². The standard InChI is InChI=1S/C30H33N3O2S/c1-21(31)24-10-6-11-26(20-24)29(34)33(3)28(30(35)32(2)16-15-27-12-7-17-36-27)19-22-13-14-23-8-4-5-9-25(23)18-22/h4-14,17-18,20-21,28H,15-16,19,31H2,1-3H3/t21?,28-/m1/s1. The highest BCUT2D eigenvalue weighted by Crippen LogP contribution is 2.21. The Bertz CT molecular complexity index is 1330. The Hall–Kier alpha value is -3.48. The lowest BCUT2D eigenvalue weighted by Gasteiger charge is -2.31. The second kappa shape index (κ2) is 11.5. The first-order valence-corrected chi connectivity index (χ1v) is 13.1. The third-order valence-electron chi connectivity index (χ3n) is 6.63. The minimum Gasteiger partial charge on any atom is -0.344 e. The van der Waals surface area contributed by atoms with Crippen LogP contribution in [0.25, 0.3) is 10.8 Å². The Morgan fingerprint density at radius 3 is 2.42 bits per heavy atom. The van der Waals surface area contributed by atoms with Gasteiger partial charge in [0.15, 0.2) is 0 Å². The van der Waals surface area contributed by atoms with E-state index in [-0.39, 0.29) is 17.9 Å². The molecule has 1 aromatic heterocycles. The van der Waals surface area contributed by atoms with Crippen molar-refractivity contribution < 1.29 is 9.59 Å². The molecule has 0 aliphatic heterocycles. The smallest absolute Gasteiger partial charge is 0.254 e. The van der Waals surface area contributed by atoms with Crippen LogP contribution >= 0.6 is 11.3 Å². The molecule has 0 saturated carbocycles. The van der Waals surface area contributed by atoms with Gasteiger partial charge in [0, 0.05) is 43.5 Å². The largest absolute Gasteiger partial charge is 0.344 e. The van der Waals surface area contributed by atoms with Crippen molar-refractivity contribution >= 4 is 33.9 Å². The van der Waals surface area contributed by atoms with Crippen molar-refractivity contribution in [1.82, 2.24) is 9.80 Å². The van der Waals surface area contributed by atoms with E-state index in [4.69, 9.17) is 5.73 Å². The van der Waals surface area contributed by atoms with Crippen LogP contribution in [0.3, 0.4) is 0 Å². The molecule has 1 heterocycles. The number of rotatable bonds is 9. The summed E-state index contributed by atoms with van der Waals surface area (Å²) in [4.78, 5) is 31.9. The molecule has 5 nitrogen and oxygen atoms in total. The summed E-state index contributed by atoms with van der Waals surface area (Å²) in [6.07, 6.45) is 1.22. The predicted molar refractivity (Wildman–Crippen MR) is 148 cm³/mol. The van der Waals surface area contributed by atoms with Gasteiger partial charge in [0.1, 0.15) is 6.04 Å². The summed E-state index contributed by atoms with van der Waals surface area (Å²) in [6.45, 7) is 2.48. The first-order chi connectivity index (χ1) is 17.3. The van der Waals surface area contributed by atoms with Gasteiger partial charge in [-0.3, -0.25) is 9.59 Å². The summed E-state index contributed by atoms with van der Waals surface area (Å²) in [5, 5.41) is 4.31. The van der Waals surface area contributed by atoms with E-state index < -0.39 is 6.04 Å². The van der Waals surface area contributed by atoms with E-state index in [9.17, 15) is 9.59 Å². The van der Waals surface area contributed by atoms with Gasteiger partial charge in [-0.15, -0.1) is 11.3 Å². The Kier molecular flexibility index (Phi) is 8.18. The lowest BCUT2D eigenvalue weighted by atomic mass is 9.99. The summed E-state index contributed by atoms with van der Waals surface area (Å²) in [6, 6.07) is 25.0. The Morgan fingerprint density at radius 2 is 1.69 bits per heavy atom. The fraction of sp³-hybridized carbons (Fsp3) is 0.267. The molecule has 4 rings (SSSR count). The maximum atomic E-state index is 13.7. The number of benzene rings is 3. The van der Waals surface area contributed by atoms with Gasteiger partial charge in [0.2, 0.25) is 5.91 Å². The van der Waals surface area contributed by atoms with Crippen LogP contribution in [0, 0.1) is 0 Å². The minimum atomic E-state index is -0.633. The SMILES string of the molecule is CC(N)c1cccc(C(=O)N(C)[C@H](Cc2ccc3ccccc3c2)C(=O)N(C)CCc2cccs2)c1. The Morgan fingerprint density at radius 1 is 0.917 bits per heavy atom. The van der Waals surface area contributed by atoms with Gasteiger partial charge < -0.3 is 15.5 Å². The van der Waals surface area contributed by atoms with Crippen LogP contribution in [0.5, 0.6) is 0 Å². The molecular weight excluding hydrogens is 466 g/mol. The van der Waals surface area contributed by atoms with E-state index in [0.29, 0.717) is 18.5 Å². The number of likely N-dealkylation sites (N-methyl/N-ethyl adjacent to an activating group) is 2. The average Bonchev–Trinajstić information content (AvgIpc) is 3.43. The van der Waals surface area contributed by atoms with Crippen molar-refractivity contribution in [2.45, 2.75) is 31.8 Å². The molecule has 0 fully saturated rings. The highest BCUT2D eigenvalue weighted by atomic mass is 32.1. The quantitative estimate of drug-likeness (QED) is 0.340. The van der Waals surface area contributed by atoms with Crippen molar-refractivity contribution in [1.29, 1.82) is 0 Å². The summed E-state index contributed by atoms with van der Waals surface area (Å²) in [5.74, 6) is -0.262. The predicted octanol–water partition coefficient (Wildman–Crippen LogP) is 5.31. The van der Waals surface area contributed by atoms with E-state index in [2.05, 4.69) is 30.3 Å². The molecule has 0 aliphatic rings. The first kappa shape index (κ1) is 25.6. The van der Waals surface area contributed by atoms with E-state index in [1.807, 2.05) is 61.8 Å². The highest BCUT2D eigenvalue weighted by Gasteiger charge is 2.30. The summed E-state index contributed by atoms with van der Waals surface area (Å²) < 4.78 is 0. The van der Waals surface area contributed by atoms with Crippen molar-refractivity contribution in [2.24, 2.45) is 5.73 Å². The molecule has 2 amide bonds. The number of hydrogen-bond acceptors (Lipinski definition) is 4. The van der Waals surface area contributed by atoms with Gasteiger partial charge in [-0.05, 0) is 58.8 Å². The lowest BCUT2D eigenvalue weighted by molar-refractivity contribution is -0.134. The highest BCUT2D eigenvalue weighted by molar-refractivity contribution is 7.09. The summed E-state index contributed by atoms with van der Waals surface area (Å²) >= 11 is 1.69. The van der Waals surface area contributed by atoms with Gasteiger partial charge in [-0.2, -0.15) is 0 Å². The molecule has 186 valence electrons. The van der Waals surface area contributed by atoms with Crippen LogP contribution in [0.15, 0.2) is 84.2 Å². The van der Waals surface area contributed by atoms with Crippen LogP contribution < -0.4 is 5.73 Å². The zero-order chi connectivity index (χ0) is 25.7. The Balaban J connectivity index is 1.60. The summed E-state index contributed by atoms with van der Waals surface area (Å²) in [5.41, 5.74) is 8.48. The second-order valence-electron chi connectivity index (χ2n) is 9.32. The molecule has 0 aliphatic carbocycles. The maximum absolute atomic E-state index is 13.7. The number of hydrogen-bond donors (Lipinski definition) is 1. The van der Waals surface area contributed by atoms with Crippen molar-refractivity contribution in [3.63, 3.8) is 0 Å². The third-order valence-corrected chi connectivity index (χ3v) is 7.56. The normalized spacial score (nSPS) is 12.8. The van der Waals surface area contributed by atoms with Crippen LogP contribution in [-0.2, 0) is 17.6 Å². The number of nitrogens with zero attached hydrogens (tertiary/aromatic N) is 2. The second-order valence-corrected chi connectivity index (χ2v) is 10.4. The topological polar surface area (TPSA) is 66.6 Å². The van der Waals surface area contributed by atoms with Crippen molar-refractivity contribution in [2.75, 3.05) is 20.6 Å². The number of carbonyl (C=O) groups excluding carboxylic acids is 2. The first-order valence-electron chi connectivity index (χ1n) is 12.2. The van der Waals surface area contributed by atoms with Crippen LogP contribution in [0.4, 0.5) is 0 Å². The maximum Gasteiger partial charge on any atom is 0.254 e. The van der Waals surface area contributed by atoms with E-state index in [1.54, 1.807) is 34.3 Å². The van der Waals surface area contributed by atoms with Crippen LogP contribution in [0.2, 0.25) is 0 Å². The van der Waals surface area contributed by atoms with Gasteiger partial charge >= 0.3 is 0 Å². The van der Waals surface area contributed by atoms with Crippen LogP contribution in [0.1, 0.15) is 39.3 Å². The molecule has 36 heavy (non-hydrogen) atoms. The number of amides is 2. The lowest BCUT2D eigenvalue weighted by Crippen LogP contribution is -2.49. The molecular formula is C30H33N3O2S. The molecule has 3 aromatic carbocycles.